The monoisotopic (exact) mass is 346 g/mol. The molecule has 134 valence electrons. The van der Waals surface area contributed by atoms with E-state index < -0.39 is 51.9 Å². The molecule has 5 rings (SSSR count). The highest BCUT2D eigenvalue weighted by Gasteiger charge is 2.83. The number of rotatable bonds is 1. The van der Waals surface area contributed by atoms with Crippen molar-refractivity contribution in [3.05, 3.63) is 24.3 Å². The third-order valence-electron chi connectivity index (χ3n) is 8.12. The first-order chi connectivity index (χ1) is 11.6. The van der Waals surface area contributed by atoms with Crippen LogP contribution in [-0.2, 0) is 14.3 Å². The molecule has 25 heavy (non-hydrogen) atoms. The zero-order chi connectivity index (χ0) is 18.0. The van der Waals surface area contributed by atoms with Gasteiger partial charge in [0.05, 0.1) is 17.6 Å². The van der Waals surface area contributed by atoms with Crippen molar-refractivity contribution in [2.24, 2.45) is 28.6 Å². The number of hydrogen-bond acceptors (Lipinski definition) is 5. The summed E-state index contributed by atoms with van der Waals surface area (Å²) in [5.41, 5.74) is -3.29. The van der Waals surface area contributed by atoms with Crippen molar-refractivity contribution < 1.29 is 29.6 Å². The largest absolute Gasteiger partial charge is 0.481 e. The quantitative estimate of drug-likeness (QED) is 0.484. The number of carbonyl (C=O) groups excluding carboxylic acids is 1. The predicted molar refractivity (Wildman–Crippen MR) is 85.2 cm³/mol. The number of carboxylic acid groups (broad SMARTS) is 1. The van der Waals surface area contributed by atoms with Gasteiger partial charge in [0.25, 0.3) is 0 Å². The summed E-state index contributed by atoms with van der Waals surface area (Å²) >= 11 is 0. The van der Waals surface area contributed by atoms with E-state index in [4.69, 9.17) is 4.74 Å². The molecule has 0 aromatic carbocycles. The average Bonchev–Trinajstić information content (AvgIpc) is 2.95. The Kier molecular flexibility index (Phi) is 2.50. The molecule has 5 aliphatic rings. The van der Waals surface area contributed by atoms with Crippen molar-refractivity contribution in [2.45, 2.75) is 49.9 Å². The number of esters is 1. The molecule has 3 N–H and O–H groups in total. The molecule has 6 nitrogen and oxygen atoms in total. The van der Waals surface area contributed by atoms with Gasteiger partial charge in [-0.25, -0.2) is 0 Å². The molecule has 4 bridgehead atoms. The van der Waals surface area contributed by atoms with Gasteiger partial charge in [-0.3, -0.25) is 9.59 Å². The first kappa shape index (κ1) is 15.6. The topological polar surface area (TPSA) is 104 Å². The summed E-state index contributed by atoms with van der Waals surface area (Å²) in [4.78, 5) is 25.1. The minimum Gasteiger partial charge on any atom is -0.481 e. The van der Waals surface area contributed by atoms with Crippen LogP contribution in [0.1, 0.15) is 32.6 Å². The molecule has 3 saturated carbocycles. The highest BCUT2D eigenvalue weighted by atomic mass is 16.6. The molecular formula is C19H22O6. The van der Waals surface area contributed by atoms with E-state index in [0.717, 1.165) is 0 Å². The Labute approximate surface area is 145 Å². The van der Waals surface area contributed by atoms with E-state index in [1.165, 1.54) is 0 Å². The van der Waals surface area contributed by atoms with Crippen LogP contribution in [-0.4, -0.2) is 44.6 Å². The summed E-state index contributed by atoms with van der Waals surface area (Å²) in [6.45, 7) is 5.64. The third-order valence-corrected chi connectivity index (χ3v) is 8.12. The highest BCUT2D eigenvalue weighted by molar-refractivity contribution is 5.86. The van der Waals surface area contributed by atoms with Crippen LogP contribution in [0.3, 0.4) is 0 Å². The van der Waals surface area contributed by atoms with E-state index in [9.17, 15) is 24.9 Å². The zero-order valence-electron chi connectivity index (χ0n) is 14.1. The maximum atomic E-state index is 12.7. The molecule has 0 aromatic heterocycles. The smallest absolute Gasteiger partial charge is 0.316 e. The number of fused-ring (bicyclic) bond motifs is 1. The normalized spacial score (nSPS) is 58.0. The second kappa shape index (κ2) is 4.01. The van der Waals surface area contributed by atoms with Crippen molar-refractivity contribution in [3.63, 3.8) is 0 Å². The van der Waals surface area contributed by atoms with Crippen molar-refractivity contribution in [1.82, 2.24) is 0 Å². The lowest BCUT2D eigenvalue weighted by Gasteiger charge is -2.44. The van der Waals surface area contributed by atoms with Gasteiger partial charge in [0.15, 0.2) is 0 Å². The molecule has 1 spiro atoms. The fourth-order valence-electron chi connectivity index (χ4n) is 7.13. The van der Waals surface area contributed by atoms with Crippen LogP contribution < -0.4 is 0 Å². The second-order valence-electron chi connectivity index (χ2n) is 8.94. The van der Waals surface area contributed by atoms with Crippen molar-refractivity contribution in [1.29, 1.82) is 0 Å². The highest BCUT2D eigenvalue weighted by Crippen LogP contribution is 2.77. The lowest BCUT2D eigenvalue weighted by Crippen LogP contribution is -2.50. The fourth-order valence-corrected chi connectivity index (χ4v) is 7.13. The molecule has 0 amide bonds. The maximum Gasteiger partial charge on any atom is 0.316 e. The maximum absolute atomic E-state index is 12.7. The Morgan fingerprint density at radius 1 is 1.44 bits per heavy atom. The van der Waals surface area contributed by atoms with Gasteiger partial charge < -0.3 is 20.1 Å². The van der Waals surface area contributed by atoms with Crippen LogP contribution in [0.2, 0.25) is 0 Å². The number of hydrogen-bond donors (Lipinski definition) is 3. The molecule has 4 aliphatic carbocycles. The van der Waals surface area contributed by atoms with E-state index >= 15 is 0 Å². The van der Waals surface area contributed by atoms with Gasteiger partial charge >= 0.3 is 11.9 Å². The van der Waals surface area contributed by atoms with Crippen LogP contribution >= 0.6 is 0 Å². The van der Waals surface area contributed by atoms with Gasteiger partial charge in [-0.2, -0.15) is 0 Å². The van der Waals surface area contributed by atoms with Crippen LogP contribution in [0.15, 0.2) is 24.3 Å². The number of aliphatic carboxylic acids is 1. The van der Waals surface area contributed by atoms with Gasteiger partial charge in [0.2, 0.25) is 0 Å². The van der Waals surface area contributed by atoms with E-state index in [1.807, 2.05) is 0 Å². The van der Waals surface area contributed by atoms with Gasteiger partial charge in [-0.15, -0.1) is 0 Å². The molecule has 6 heteroatoms. The van der Waals surface area contributed by atoms with Gasteiger partial charge in [-0.1, -0.05) is 12.7 Å². The Hall–Kier alpha value is -1.66. The Bertz CT molecular complexity index is 772. The number of aliphatic hydroxyl groups is 2. The Morgan fingerprint density at radius 2 is 2.16 bits per heavy atom. The lowest BCUT2D eigenvalue weighted by molar-refractivity contribution is -0.163. The van der Waals surface area contributed by atoms with E-state index in [1.54, 1.807) is 19.1 Å². The summed E-state index contributed by atoms with van der Waals surface area (Å²) in [6, 6.07) is 0. The standard InChI is InChI=1S/C19H22O6/c1-9-7-17-8-18(9,24)5-3-10(17)19-6-4-11(20)16(2,15(23)25-19)13(19)12(17)14(21)22/h4,6,10-13,20,24H,1,3,5,7-8H2,2H3,(H,21,22)/t10-,11+,12-,13-,16?,17+,18+,19-/m1/s1. The van der Waals surface area contributed by atoms with Crippen LogP contribution in [0.4, 0.5) is 0 Å². The van der Waals surface area contributed by atoms with Crippen LogP contribution in [0, 0.1) is 28.6 Å². The van der Waals surface area contributed by atoms with Gasteiger partial charge in [0.1, 0.15) is 11.0 Å². The van der Waals surface area contributed by atoms with Crippen molar-refractivity contribution >= 4 is 11.9 Å². The van der Waals surface area contributed by atoms with Crippen molar-refractivity contribution in [3.8, 4) is 0 Å². The first-order valence-electron chi connectivity index (χ1n) is 8.86. The molecule has 4 fully saturated rings. The molecule has 1 aliphatic heterocycles. The third kappa shape index (κ3) is 1.36. The number of ether oxygens (including phenoxy) is 1. The van der Waals surface area contributed by atoms with Crippen LogP contribution in [0.5, 0.6) is 0 Å². The summed E-state index contributed by atoms with van der Waals surface area (Å²) in [5.74, 6) is -3.18. The molecule has 1 saturated heterocycles. The number of carbonyl (C=O) groups is 2. The summed E-state index contributed by atoms with van der Waals surface area (Å²) in [6.07, 6.45) is 4.11. The van der Waals surface area contributed by atoms with Crippen molar-refractivity contribution in [2.75, 3.05) is 0 Å². The minimum atomic E-state index is -1.27. The molecule has 1 heterocycles. The molecule has 8 atom stereocenters. The van der Waals surface area contributed by atoms with Gasteiger partial charge in [0, 0.05) is 11.8 Å². The molecular weight excluding hydrogens is 324 g/mol. The van der Waals surface area contributed by atoms with Gasteiger partial charge in [-0.05, 0) is 49.7 Å². The fraction of sp³-hybridized carbons (Fsp3) is 0.684. The lowest BCUT2D eigenvalue weighted by atomic mass is 9.61. The minimum absolute atomic E-state index is 0.180. The zero-order valence-corrected chi connectivity index (χ0v) is 14.1. The van der Waals surface area contributed by atoms with Crippen LogP contribution in [0.25, 0.3) is 0 Å². The van der Waals surface area contributed by atoms with E-state index in [-0.39, 0.29) is 5.92 Å². The summed E-state index contributed by atoms with van der Waals surface area (Å²) < 4.78 is 5.87. The Morgan fingerprint density at radius 3 is 2.84 bits per heavy atom. The number of carboxylic acids is 1. The first-order valence-corrected chi connectivity index (χ1v) is 8.86. The average molecular weight is 346 g/mol. The molecule has 0 aromatic rings. The summed E-state index contributed by atoms with van der Waals surface area (Å²) in [7, 11) is 0. The summed E-state index contributed by atoms with van der Waals surface area (Å²) in [5, 5.41) is 31.6. The van der Waals surface area contributed by atoms with E-state index in [2.05, 4.69) is 6.58 Å². The van der Waals surface area contributed by atoms with E-state index in [0.29, 0.717) is 31.3 Å². The SMILES string of the molecule is C=C1C[C@]23C[C@@]1(O)CC[C@H]2[C@@]12C=C[C@H](O)C(C)(C(=O)O1)[C@H]2[C@@H]3C(=O)O. The number of aliphatic hydroxyl groups excluding tert-OH is 1. The Balaban J connectivity index is 1.78. The predicted octanol–water partition coefficient (Wildman–Crippen LogP) is 1.03. The molecule has 0 radical (unpaired) electrons. The molecule has 1 unspecified atom stereocenters. The second-order valence-corrected chi connectivity index (χ2v) is 8.94.